The van der Waals surface area contributed by atoms with Gasteiger partial charge in [0.2, 0.25) is 5.91 Å². The first kappa shape index (κ1) is 17.5. The molecule has 1 spiro atoms. The van der Waals surface area contributed by atoms with Gasteiger partial charge in [-0.05, 0) is 12.8 Å². The fraction of sp³-hybridized carbons (Fsp3) is 0.889. The third-order valence-electron chi connectivity index (χ3n) is 5.59. The lowest BCUT2D eigenvalue weighted by Crippen LogP contribution is -2.50. The standard InChI is InChI=1S/C18H30N2O4/c1-2-3-4-5-9-20-14-18(24-17(20)22)7-10-19(11-8-18)16(21)15-6-12-23-13-15/h15H,2-14H2,1H3/t15-/m0/s1. The molecule has 0 aliphatic carbocycles. The lowest BCUT2D eigenvalue weighted by Gasteiger charge is -2.38. The van der Waals surface area contributed by atoms with Gasteiger partial charge in [-0.15, -0.1) is 0 Å². The van der Waals surface area contributed by atoms with Gasteiger partial charge in [-0.3, -0.25) is 4.79 Å². The summed E-state index contributed by atoms with van der Waals surface area (Å²) in [7, 11) is 0. The minimum Gasteiger partial charge on any atom is -0.441 e. The molecule has 0 saturated carbocycles. The monoisotopic (exact) mass is 338 g/mol. The van der Waals surface area contributed by atoms with E-state index in [9.17, 15) is 9.59 Å². The second kappa shape index (κ2) is 7.72. The van der Waals surface area contributed by atoms with Gasteiger partial charge in [-0.25, -0.2) is 4.79 Å². The summed E-state index contributed by atoms with van der Waals surface area (Å²) >= 11 is 0. The molecule has 3 fully saturated rings. The zero-order valence-corrected chi connectivity index (χ0v) is 14.8. The van der Waals surface area contributed by atoms with Gasteiger partial charge in [-0.2, -0.15) is 0 Å². The van der Waals surface area contributed by atoms with Crippen LogP contribution in [-0.4, -0.2) is 66.8 Å². The number of carbonyl (C=O) groups is 2. The normalized spacial score (nSPS) is 26.2. The predicted octanol–water partition coefficient (Wildman–Crippen LogP) is 2.42. The van der Waals surface area contributed by atoms with E-state index in [2.05, 4.69) is 6.92 Å². The Morgan fingerprint density at radius 2 is 2.04 bits per heavy atom. The maximum Gasteiger partial charge on any atom is 0.410 e. The minimum atomic E-state index is -0.370. The Morgan fingerprint density at radius 1 is 1.25 bits per heavy atom. The van der Waals surface area contributed by atoms with Crippen LogP contribution in [0.15, 0.2) is 0 Å². The van der Waals surface area contributed by atoms with Crippen LogP contribution in [0.2, 0.25) is 0 Å². The minimum absolute atomic E-state index is 0.0280. The van der Waals surface area contributed by atoms with Gasteiger partial charge in [0.25, 0.3) is 0 Å². The van der Waals surface area contributed by atoms with Crippen LogP contribution in [0.25, 0.3) is 0 Å². The number of hydrogen-bond donors (Lipinski definition) is 0. The molecule has 24 heavy (non-hydrogen) atoms. The van der Waals surface area contributed by atoms with Crippen LogP contribution in [0, 0.1) is 5.92 Å². The molecular formula is C18H30N2O4. The number of likely N-dealkylation sites (tertiary alicyclic amines) is 1. The number of carbonyl (C=O) groups excluding carboxylic acids is 2. The Bertz CT molecular complexity index is 454. The maximum absolute atomic E-state index is 12.5. The van der Waals surface area contributed by atoms with Gasteiger partial charge in [0, 0.05) is 39.1 Å². The van der Waals surface area contributed by atoms with Crippen molar-refractivity contribution < 1.29 is 19.1 Å². The van der Waals surface area contributed by atoms with Crippen LogP contribution in [0.3, 0.4) is 0 Å². The largest absolute Gasteiger partial charge is 0.441 e. The first-order valence-corrected chi connectivity index (χ1v) is 9.48. The van der Waals surface area contributed by atoms with Crippen molar-refractivity contribution >= 4 is 12.0 Å². The van der Waals surface area contributed by atoms with Gasteiger partial charge >= 0.3 is 6.09 Å². The molecule has 1 atom stereocenters. The molecule has 0 aromatic heterocycles. The van der Waals surface area contributed by atoms with Gasteiger partial charge in [0.15, 0.2) is 0 Å². The lowest BCUT2D eigenvalue weighted by atomic mass is 9.90. The Morgan fingerprint density at radius 3 is 2.71 bits per heavy atom. The number of ether oxygens (including phenoxy) is 2. The number of unbranched alkanes of at least 4 members (excludes halogenated alkanes) is 3. The van der Waals surface area contributed by atoms with E-state index in [1.165, 1.54) is 19.3 Å². The van der Waals surface area contributed by atoms with E-state index in [1.54, 1.807) is 0 Å². The molecule has 0 bridgehead atoms. The van der Waals surface area contributed by atoms with Crippen molar-refractivity contribution in [2.75, 3.05) is 39.4 Å². The highest BCUT2D eigenvalue weighted by molar-refractivity contribution is 5.79. The Labute approximate surface area is 144 Å². The molecule has 0 radical (unpaired) electrons. The zero-order chi connectivity index (χ0) is 17.0. The summed E-state index contributed by atoms with van der Waals surface area (Å²) in [6, 6.07) is 0. The summed E-state index contributed by atoms with van der Waals surface area (Å²) < 4.78 is 11.1. The molecule has 3 rings (SSSR count). The van der Waals surface area contributed by atoms with Crippen LogP contribution in [0.5, 0.6) is 0 Å². The second-order valence-corrected chi connectivity index (χ2v) is 7.42. The van der Waals surface area contributed by atoms with E-state index in [-0.39, 0.29) is 23.5 Å². The van der Waals surface area contributed by atoms with E-state index in [0.717, 1.165) is 32.2 Å². The van der Waals surface area contributed by atoms with Crippen molar-refractivity contribution in [3.63, 3.8) is 0 Å². The highest BCUT2D eigenvalue weighted by atomic mass is 16.6. The smallest absolute Gasteiger partial charge is 0.410 e. The summed E-state index contributed by atoms with van der Waals surface area (Å²) in [6.07, 6.45) is 6.80. The van der Waals surface area contributed by atoms with Gasteiger partial charge in [0.1, 0.15) is 5.60 Å². The van der Waals surface area contributed by atoms with Crippen molar-refractivity contribution in [3.8, 4) is 0 Å². The molecular weight excluding hydrogens is 308 g/mol. The van der Waals surface area contributed by atoms with Crippen LogP contribution in [0.4, 0.5) is 4.79 Å². The molecule has 6 heteroatoms. The second-order valence-electron chi connectivity index (χ2n) is 7.42. The fourth-order valence-corrected chi connectivity index (χ4v) is 3.98. The molecule has 0 unspecified atom stereocenters. The van der Waals surface area contributed by atoms with E-state index >= 15 is 0 Å². The third-order valence-corrected chi connectivity index (χ3v) is 5.59. The fourth-order valence-electron chi connectivity index (χ4n) is 3.98. The average Bonchev–Trinajstić information content (AvgIpc) is 3.21. The van der Waals surface area contributed by atoms with Gasteiger partial charge < -0.3 is 19.3 Å². The van der Waals surface area contributed by atoms with Gasteiger partial charge in [-0.1, -0.05) is 26.2 Å². The van der Waals surface area contributed by atoms with Gasteiger partial charge in [0.05, 0.1) is 19.1 Å². The van der Waals surface area contributed by atoms with E-state index in [1.807, 2.05) is 9.80 Å². The van der Waals surface area contributed by atoms with Crippen molar-refractivity contribution in [1.29, 1.82) is 0 Å². The topological polar surface area (TPSA) is 59.1 Å². The van der Waals surface area contributed by atoms with Crippen LogP contribution in [-0.2, 0) is 14.3 Å². The third kappa shape index (κ3) is 3.85. The molecule has 0 aromatic rings. The summed E-state index contributed by atoms with van der Waals surface area (Å²) in [5.41, 5.74) is -0.370. The van der Waals surface area contributed by atoms with Crippen LogP contribution in [0.1, 0.15) is 51.9 Å². The molecule has 2 amide bonds. The van der Waals surface area contributed by atoms with Crippen molar-refractivity contribution in [3.05, 3.63) is 0 Å². The molecule has 0 N–H and O–H groups in total. The Kier molecular flexibility index (Phi) is 5.64. The van der Waals surface area contributed by atoms with E-state index in [0.29, 0.717) is 32.8 Å². The first-order valence-electron chi connectivity index (χ1n) is 9.48. The number of piperidine rings is 1. The molecule has 0 aromatic carbocycles. The van der Waals surface area contributed by atoms with Crippen molar-refractivity contribution in [2.24, 2.45) is 5.92 Å². The summed E-state index contributed by atoms with van der Waals surface area (Å²) in [6.45, 7) is 6.29. The molecule has 6 nitrogen and oxygen atoms in total. The highest BCUT2D eigenvalue weighted by Crippen LogP contribution is 2.34. The van der Waals surface area contributed by atoms with E-state index in [4.69, 9.17) is 9.47 Å². The number of amides is 2. The number of nitrogens with zero attached hydrogens (tertiary/aromatic N) is 2. The zero-order valence-electron chi connectivity index (χ0n) is 14.8. The average molecular weight is 338 g/mol. The van der Waals surface area contributed by atoms with Crippen molar-refractivity contribution in [2.45, 2.75) is 57.5 Å². The summed E-state index contributed by atoms with van der Waals surface area (Å²) in [5, 5.41) is 0. The molecule has 3 heterocycles. The van der Waals surface area contributed by atoms with E-state index < -0.39 is 0 Å². The highest BCUT2D eigenvalue weighted by Gasteiger charge is 2.47. The molecule has 3 aliphatic heterocycles. The van der Waals surface area contributed by atoms with Crippen molar-refractivity contribution in [1.82, 2.24) is 9.80 Å². The molecule has 136 valence electrons. The first-order chi connectivity index (χ1) is 11.6. The number of rotatable bonds is 6. The van der Waals surface area contributed by atoms with Crippen LogP contribution < -0.4 is 0 Å². The number of hydrogen-bond acceptors (Lipinski definition) is 4. The molecule has 3 aliphatic rings. The summed E-state index contributed by atoms with van der Waals surface area (Å²) in [4.78, 5) is 28.4. The Balaban J connectivity index is 1.46. The Hall–Kier alpha value is -1.30. The lowest BCUT2D eigenvalue weighted by molar-refractivity contribution is -0.138. The quantitative estimate of drug-likeness (QED) is 0.698. The molecule has 3 saturated heterocycles. The maximum atomic E-state index is 12.5. The summed E-state index contributed by atoms with van der Waals surface area (Å²) in [5.74, 6) is 0.239. The predicted molar refractivity (Wildman–Crippen MR) is 89.7 cm³/mol. The SMILES string of the molecule is CCCCCCN1CC2(CCN(C(=O)[C@H]3CCOC3)CC2)OC1=O. The van der Waals surface area contributed by atoms with Crippen LogP contribution >= 0.6 is 0 Å².